The molecule has 27 heavy (non-hydrogen) atoms. The van der Waals surface area contributed by atoms with E-state index in [1.807, 2.05) is 18.2 Å². The van der Waals surface area contributed by atoms with Crippen molar-refractivity contribution in [1.29, 1.82) is 5.26 Å². The van der Waals surface area contributed by atoms with Gasteiger partial charge in [-0.15, -0.1) is 0 Å². The van der Waals surface area contributed by atoms with Crippen LogP contribution in [0.5, 0.6) is 0 Å². The first-order valence-electron chi connectivity index (χ1n) is 9.75. The lowest BCUT2D eigenvalue weighted by atomic mass is 10.0. The fraction of sp³-hybridized carbons (Fsp3) is 0.364. The van der Waals surface area contributed by atoms with E-state index in [0.717, 1.165) is 55.8 Å². The molecule has 3 aromatic rings. The normalized spacial score (nSPS) is 22.0. The molecule has 5 nitrogen and oxygen atoms in total. The third-order valence-corrected chi connectivity index (χ3v) is 5.95. The van der Waals surface area contributed by atoms with Crippen molar-refractivity contribution in [3.05, 3.63) is 59.2 Å². The van der Waals surface area contributed by atoms with Crippen LogP contribution >= 0.6 is 0 Å². The van der Waals surface area contributed by atoms with Crippen LogP contribution < -0.4 is 10.6 Å². The van der Waals surface area contributed by atoms with Crippen molar-refractivity contribution in [3.8, 4) is 6.07 Å². The summed E-state index contributed by atoms with van der Waals surface area (Å²) >= 11 is 0. The van der Waals surface area contributed by atoms with Crippen molar-refractivity contribution in [2.24, 2.45) is 5.73 Å². The highest BCUT2D eigenvalue weighted by Crippen LogP contribution is 2.40. The molecule has 0 amide bonds. The lowest BCUT2D eigenvalue weighted by Gasteiger charge is -2.33. The number of benzene rings is 2. The van der Waals surface area contributed by atoms with Gasteiger partial charge in [0.1, 0.15) is 0 Å². The molecule has 2 heterocycles. The van der Waals surface area contributed by atoms with Gasteiger partial charge < -0.3 is 15.2 Å². The second-order valence-corrected chi connectivity index (χ2v) is 7.70. The first-order valence-corrected chi connectivity index (χ1v) is 9.75. The van der Waals surface area contributed by atoms with Gasteiger partial charge in [-0.2, -0.15) is 5.26 Å². The molecule has 2 aliphatic rings. The molecule has 5 heteroatoms. The van der Waals surface area contributed by atoms with E-state index in [4.69, 9.17) is 10.7 Å². The van der Waals surface area contributed by atoms with Crippen molar-refractivity contribution in [1.82, 2.24) is 9.55 Å². The Morgan fingerprint density at radius 3 is 2.89 bits per heavy atom. The van der Waals surface area contributed by atoms with Gasteiger partial charge >= 0.3 is 0 Å². The Balaban J connectivity index is 1.65. The van der Waals surface area contributed by atoms with E-state index in [0.29, 0.717) is 0 Å². The van der Waals surface area contributed by atoms with Crippen molar-refractivity contribution >= 4 is 17.0 Å². The van der Waals surface area contributed by atoms with Gasteiger partial charge in [-0.05, 0) is 61.1 Å². The Kier molecular flexibility index (Phi) is 3.87. The SMILES string of the molecule is N#Cc1ccc2c(c1)CC[C@H]2n1c(N2CCC[C@H](N)C2)nc2ccccc21. The van der Waals surface area contributed by atoms with Crippen LogP contribution in [0.4, 0.5) is 5.95 Å². The van der Waals surface area contributed by atoms with Crippen molar-refractivity contribution in [2.75, 3.05) is 18.0 Å². The van der Waals surface area contributed by atoms with Crippen molar-refractivity contribution in [3.63, 3.8) is 0 Å². The van der Waals surface area contributed by atoms with Gasteiger partial charge in [0, 0.05) is 19.1 Å². The maximum Gasteiger partial charge on any atom is 0.207 e. The molecule has 2 N–H and O–H groups in total. The van der Waals surface area contributed by atoms with Gasteiger partial charge in [-0.25, -0.2) is 4.98 Å². The number of aryl methyl sites for hydroxylation is 1. The summed E-state index contributed by atoms with van der Waals surface area (Å²) in [4.78, 5) is 7.36. The molecule has 0 spiro atoms. The van der Waals surface area contributed by atoms with Crippen LogP contribution in [-0.4, -0.2) is 28.7 Å². The molecule has 0 radical (unpaired) electrons. The number of imidazole rings is 1. The lowest BCUT2D eigenvalue weighted by molar-refractivity contribution is 0.486. The number of nitrogens with two attached hydrogens (primary N) is 1. The Morgan fingerprint density at radius 2 is 2.04 bits per heavy atom. The van der Waals surface area contributed by atoms with Gasteiger partial charge in [0.05, 0.1) is 28.7 Å². The lowest BCUT2D eigenvalue weighted by Crippen LogP contribution is -2.44. The predicted octanol–water partition coefficient (Wildman–Crippen LogP) is 3.37. The minimum absolute atomic E-state index is 0.209. The molecule has 0 saturated carbocycles. The second-order valence-electron chi connectivity index (χ2n) is 7.70. The Labute approximate surface area is 159 Å². The van der Waals surface area contributed by atoms with Gasteiger partial charge in [0.15, 0.2) is 0 Å². The summed E-state index contributed by atoms with van der Waals surface area (Å²) < 4.78 is 2.41. The standard InChI is InChI=1S/C22H23N5/c23-13-15-7-9-18-16(12-15)8-10-20(18)27-21-6-2-1-5-19(21)25-22(27)26-11-3-4-17(24)14-26/h1-2,5-7,9,12,17,20H,3-4,8,10-11,14,24H2/t17-,20+/m0/s1. The van der Waals surface area contributed by atoms with Gasteiger partial charge in [0.2, 0.25) is 5.95 Å². The second kappa shape index (κ2) is 6.40. The third kappa shape index (κ3) is 2.68. The quantitative estimate of drug-likeness (QED) is 0.763. The van der Waals surface area contributed by atoms with Crippen LogP contribution in [0.25, 0.3) is 11.0 Å². The van der Waals surface area contributed by atoms with E-state index in [2.05, 4.69) is 39.8 Å². The number of nitriles is 1. The number of rotatable bonds is 2. The van der Waals surface area contributed by atoms with Gasteiger partial charge in [-0.3, -0.25) is 0 Å². The van der Waals surface area contributed by atoms with E-state index in [1.54, 1.807) is 0 Å². The molecule has 5 rings (SSSR count). The number of fused-ring (bicyclic) bond motifs is 2. The van der Waals surface area contributed by atoms with Crippen molar-refractivity contribution in [2.45, 2.75) is 37.8 Å². The molecular formula is C22H23N5. The molecule has 1 saturated heterocycles. The molecular weight excluding hydrogens is 334 g/mol. The van der Waals surface area contributed by atoms with Crippen LogP contribution in [0.15, 0.2) is 42.5 Å². The molecule has 2 atom stereocenters. The third-order valence-electron chi connectivity index (χ3n) is 5.95. The molecule has 1 aliphatic carbocycles. The van der Waals surface area contributed by atoms with Gasteiger partial charge in [-0.1, -0.05) is 18.2 Å². The van der Waals surface area contributed by atoms with E-state index < -0.39 is 0 Å². The van der Waals surface area contributed by atoms with Crippen LogP contribution in [0.3, 0.4) is 0 Å². The summed E-state index contributed by atoms with van der Waals surface area (Å²) in [5.41, 5.74) is 11.8. The number of piperidine rings is 1. The van der Waals surface area contributed by atoms with Crippen LogP contribution in [0, 0.1) is 11.3 Å². The Bertz CT molecular complexity index is 1040. The fourth-order valence-electron chi connectivity index (χ4n) is 4.69. The molecule has 0 unspecified atom stereocenters. The topological polar surface area (TPSA) is 70.9 Å². The summed E-state index contributed by atoms with van der Waals surface area (Å²) in [6.45, 7) is 1.86. The van der Waals surface area contributed by atoms with Crippen LogP contribution in [-0.2, 0) is 6.42 Å². The first kappa shape index (κ1) is 16.3. The number of aromatic nitrogens is 2. The number of nitrogens with zero attached hydrogens (tertiary/aromatic N) is 4. The summed E-state index contributed by atoms with van der Waals surface area (Å²) in [6.07, 6.45) is 4.23. The maximum absolute atomic E-state index is 9.22. The van der Waals surface area contributed by atoms with Crippen LogP contribution in [0.2, 0.25) is 0 Å². The van der Waals surface area contributed by atoms with E-state index in [1.165, 1.54) is 16.6 Å². The molecule has 2 aromatic carbocycles. The molecule has 1 aliphatic heterocycles. The fourth-order valence-corrected chi connectivity index (χ4v) is 4.69. The molecule has 0 bridgehead atoms. The summed E-state index contributed by atoms with van der Waals surface area (Å²) in [6, 6.07) is 17.2. The summed E-state index contributed by atoms with van der Waals surface area (Å²) in [7, 11) is 0. The highest BCUT2D eigenvalue weighted by Gasteiger charge is 2.30. The number of hydrogen-bond acceptors (Lipinski definition) is 4. The zero-order valence-corrected chi connectivity index (χ0v) is 15.3. The zero-order chi connectivity index (χ0) is 18.4. The number of para-hydroxylation sites is 2. The Hall–Kier alpha value is -2.84. The van der Waals surface area contributed by atoms with E-state index in [-0.39, 0.29) is 12.1 Å². The monoisotopic (exact) mass is 357 g/mol. The molecule has 1 aromatic heterocycles. The number of hydrogen-bond donors (Lipinski definition) is 1. The summed E-state index contributed by atoms with van der Waals surface area (Å²) in [5, 5.41) is 9.22. The predicted molar refractivity (Wildman–Crippen MR) is 107 cm³/mol. The summed E-state index contributed by atoms with van der Waals surface area (Å²) in [5.74, 6) is 1.04. The van der Waals surface area contributed by atoms with E-state index >= 15 is 0 Å². The maximum atomic E-state index is 9.22. The van der Waals surface area contributed by atoms with Gasteiger partial charge in [0.25, 0.3) is 0 Å². The highest BCUT2D eigenvalue weighted by molar-refractivity contribution is 5.79. The molecule has 136 valence electrons. The first-order chi connectivity index (χ1) is 13.2. The minimum Gasteiger partial charge on any atom is -0.341 e. The van der Waals surface area contributed by atoms with E-state index in [9.17, 15) is 5.26 Å². The average molecular weight is 357 g/mol. The zero-order valence-electron chi connectivity index (χ0n) is 15.3. The largest absolute Gasteiger partial charge is 0.341 e. The minimum atomic E-state index is 0.209. The van der Waals surface area contributed by atoms with Crippen LogP contribution in [0.1, 0.15) is 42.0 Å². The van der Waals surface area contributed by atoms with Crippen molar-refractivity contribution < 1.29 is 0 Å². The molecule has 1 fully saturated rings. The average Bonchev–Trinajstić information content (AvgIpc) is 3.28. The smallest absolute Gasteiger partial charge is 0.207 e. The Morgan fingerprint density at radius 1 is 1.15 bits per heavy atom. The highest BCUT2D eigenvalue weighted by atomic mass is 15.3. The number of anilines is 1.